The number of pyridine rings is 1. The van der Waals surface area contributed by atoms with Gasteiger partial charge in [-0.25, -0.2) is 9.37 Å². The summed E-state index contributed by atoms with van der Waals surface area (Å²) in [6.45, 7) is 1.81. The number of carbonyl (C=O) groups excluding carboxylic acids is 1. The van der Waals surface area contributed by atoms with E-state index in [2.05, 4.69) is 10.1 Å². The molecule has 1 aliphatic heterocycles. The third kappa shape index (κ3) is 4.15. The number of nitro groups is 1. The third-order valence-corrected chi connectivity index (χ3v) is 5.21. The average Bonchev–Trinajstić information content (AvgIpc) is 3.33. The lowest BCUT2D eigenvalue weighted by molar-refractivity contribution is -0.385. The number of carbonyl (C=O) groups is 1. The molecule has 10 heteroatoms. The molecule has 0 N–H and O–H groups in total. The van der Waals surface area contributed by atoms with Crippen molar-refractivity contribution in [3.63, 3.8) is 0 Å². The maximum atomic E-state index is 14.2. The van der Waals surface area contributed by atoms with Crippen molar-refractivity contribution in [2.24, 2.45) is 0 Å². The van der Waals surface area contributed by atoms with Crippen LogP contribution in [0.25, 0.3) is 11.3 Å². The van der Waals surface area contributed by atoms with E-state index in [0.717, 1.165) is 11.3 Å². The Labute approximate surface area is 177 Å². The first-order valence-electron chi connectivity index (χ1n) is 9.67. The van der Waals surface area contributed by atoms with Crippen molar-refractivity contribution in [1.82, 2.24) is 19.7 Å². The number of fused-ring (bicyclic) bond motifs is 1. The summed E-state index contributed by atoms with van der Waals surface area (Å²) in [6, 6.07) is 8.68. The fourth-order valence-electron chi connectivity index (χ4n) is 3.62. The number of ether oxygens (including phenoxy) is 1. The maximum absolute atomic E-state index is 14.2. The molecule has 1 amide bonds. The van der Waals surface area contributed by atoms with E-state index < -0.39 is 10.7 Å². The zero-order valence-corrected chi connectivity index (χ0v) is 16.8. The van der Waals surface area contributed by atoms with E-state index in [1.54, 1.807) is 35.0 Å². The van der Waals surface area contributed by atoms with Gasteiger partial charge in [0.05, 0.1) is 48.6 Å². The van der Waals surface area contributed by atoms with Crippen molar-refractivity contribution >= 4 is 11.6 Å². The van der Waals surface area contributed by atoms with Crippen LogP contribution in [0.5, 0.6) is 0 Å². The van der Waals surface area contributed by atoms with Gasteiger partial charge in [-0.15, -0.1) is 0 Å². The van der Waals surface area contributed by atoms with Gasteiger partial charge in [-0.2, -0.15) is 5.10 Å². The molecule has 1 aliphatic rings. The van der Waals surface area contributed by atoms with Gasteiger partial charge in [0.2, 0.25) is 5.91 Å². The van der Waals surface area contributed by atoms with Crippen LogP contribution in [0.1, 0.15) is 17.0 Å². The van der Waals surface area contributed by atoms with E-state index in [1.807, 2.05) is 0 Å². The van der Waals surface area contributed by atoms with Crippen LogP contribution in [0.15, 0.2) is 42.6 Å². The molecule has 3 aromatic rings. The van der Waals surface area contributed by atoms with E-state index in [-0.39, 0.29) is 35.0 Å². The SMILES string of the molecule is COCCn1ncc2c1CN(C(=O)Cc1nc(-c3ccccc3F)ccc1[N+](=O)[O-])C2. The van der Waals surface area contributed by atoms with Crippen molar-refractivity contribution in [2.75, 3.05) is 13.7 Å². The van der Waals surface area contributed by atoms with Crippen LogP contribution in [-0.2, 0) is 35.6 Å². The molecule has 0 saturated carbocycles. The van der Waals surface area contributed by atoms with Gasteiger partial charge in [0.15, 0.2) is 0 Å². The molecule has 2 aromatic heterocycles. The Hall–Kier alpha value is -3.66. The Bertz CT molecular complexity index is 1150. The number of amides is 1. The minimum absolute atomic E-state index is 0.00715. The lowest BCUT2D eigenvalue weighted by Gasteiger charge is -2.16. The second kappa shape index (κ2) is 8.60. The standard InChI is InChI=1S/C21H20FN5O4/c1-31-9-8-26-20-13-25(12-14(20)11-23-26)21(28)10-18-19(27(29)30)7-6-17(24-18)15-4-2-3-5-16(15)22/h2-7,11H,8-10,12-13H2,1H3. The molecule has 0 aliphatic carbocycles. The third-order valence-electron chi connectivity index (χ3n) is 5.21. The molecular formula is C21H20FN5O4. The predicted octanol–water partition coefficient (Wildman–Crippen LogP) is 2.72. The molecule has 0 spiro atoms. The minimum Gasteiger partial charge on any atom is -0.383 e. The summed E-state index contributed by atoms with van der Waals surface area (Å²) in [5.41, 5.74) is 2.06. The molecule has 0 saturated heterocycles. The smallest absolute Gasteiger partial charge is 0.291 e. The Balaban J connectivity index is 1.56. The van der Waals surface area contributed by atoms with Crippen LogP contribution < -0.4 is 0 Å². The molecule has 0 bridgehead atoms. The van der Waals surface area contributed by atoms with Crippen LogP contribution in [0.3, 0.4) is 0 Å². The molecule has 9 nitrogen and oxygen atoms in total. The van der Waals surface area contributed by atoms with E-state index in [0.29, 0.717) is 26.2 Å². The number of aromatic nitrogens is 3. The molecule has 0 radical (unpaired) electrons. The monoisotopic (exact) mass is 425 g/mol. The molecule has 160 valence electrons. The zero-order valence-electron chi connectivity index (χ0n) is 16.8. The molecule has 31 heavy (non-hydrogen) atoms. The van der Waals surface area contributed by atoms with Crippen LogP contribution >= 0.6 is 0 Å². The number of hydrogen-bond acceptors (Lipinski definition) is 6. The van der Waals surface area contributed by atoms with Gasteiger partial charge in [0, 0.05) is 30.8 Å². The zero-order chi connectivity index (χ0) is 22.0. The van der Waals surface area contributed by atoms with Crippen LogP contribution in [0.4, 0.5) is 10.1 Å². The Morgan fingerprint density at radius 1 is 1.26 bits per heavy atom. The Morgan fingerprint density at radius 3 is 2.81 bits per heavy atom. The Morgan fingerprint density at radius 2 is 2.06 bits per heavy atom. The van der Waals surface area contributed by atoms with Crippen LogP contribution in [0, 0.1) is 15.9 Å². The van der Waals surface area contributed by atoms with Crippen LogP contribution in [-0.4, -0.2) is 44.2 Å². The number of nitrogens with zero attached hydrogens (tertiary/aromatic N) is 5. The van der Waals surface area contributed by atoms with Crippen molar-refractivity contribution < 1.29 is 18.8 Å². The van der Waals surface area contributed by atoms with E-state index in [9.17, 15) is 19.3 Å². The summed E-state index contributed by atoms with van der Waals surface area (Å²) < 4.78 is 21.0. The summed E-state index contributed by atoms with van der Waals surface area (Å²) in [4.78, 5) is 29.7. The largest absolute Gasteiger partial charge is 0.383 e. The highest BCUT2D eigenvalue weighted by Crippen LogP contribution is 2.27. The van der Waals surface area contributed by atoms with Gasteiger partial charge in [-0.3, -0.25) is 19.6 Å². The highest BCUT2D eigenvalue weighted by atomic mass is 19.1. The predicted molar refractivity (Wildman–Crippen MR) is 108 cm³/mol. The number of hydrogen-bond donors (Lipinski definition) is 0. The first kappa shape index (κ1) is 20.6. The summed E-state index contributed by atoms with van der Waals surface area (Å²) in [6.07, 6.45) is 1.46. The van der Waals surface area contributed by atoms with E-state index in [1.165, 1.54) is 24.3 Å². The number of methoxy groups -OCH3 is 1. The van der Waals surface area contributed by atoms with Gasteiger partial charge in [0.1, 0.15) is 11.5 Å². The summed E-state index contributed by atoms with van der Waals surface area (Å²) >= 11 is 0. The average molecular weight is 425 g/mol. The van der Waals surface area contributed by atoms with Crippen molar-refractivity contribution in [3.05, 3.63) is 75.5 Å². The second-order valence-electron chi connectivity index (χ2n) is 7.16. The molecule has 4 rings (SSSR count). The van der Waals surface area contributed by atoms with Crippen molar-refractivity contribution in [2.45, 2.75) is 26.1 Å². The quantitative estimate of drug-likeness (QED) is 0.426. The van der Waals surface area contributed by atoms with Crippen molar-refractivity contribution in [1.29, 1.82) is 0 Å². The summed E-state index contributed by atoms with van der Waals surface area (Å²) in [5, 5.41) is 15.8. The highest BCUT2D eigenvalue weighted by molar-refractivity contribution is 5.80. The van der Waals surface area contributed by atoms with Gasteiger partial charge >= 0.3 is 0 Å². The highest BCUT2D eigenvalue weighted by Gasteiger charge is 2.29. The Kier molecular flexibility index (Phi) is 5.72. The molecule has 0 fully saturated rings. The normalized spacial score (nSPS) is 12.8. The number of rotatable bonds is 7. The molecule has 3 heterocycles. The number of benzene rings is 1. The van der Waals surface area contributed by atoms with Crippen LogP contribution in [0.2, 0.25) is 0 Å². The first-order valence-corrected chi connectivity index (χ1v) is 9.67. The minimum atomic E-state index is -0.581. The van der Waals surface area contributed by atoms with Crippen molar-refractivity contribution in [3.8, 4) is 11.3 Å². The molecule has 1 aromatic carbocycles. The molecule has 0 unspecified atom stereocenters. The molecule has 0 atom stereocenters. The topological polar surface area (TPSA) is 103 Å². The van der Waals surface area contributed by atoms with Gasteiger partial charge in [0.25, 0.3) is 5.69 Å². The maximum Gasteiger partial charge on any atom is 0.291 e. The van der Waals surface area contributed by atoms with Gasteiger partial charge in [-0.05, 0) is 18.2 Å². The first-order chi connectivity index (χ1) is 15.0. The fraction of sp³-hybridized carbons (Fsp3) is 0.286. The van der Waals surface area contributed by atoms with E-state index in [4.69, 9.17) is 4.74 Å². The lowest BCUT2D eigenvalue weighted by Crippen LogP contribution is -2.28. The lowest BCUT2D eigenvalue weighted by atomic mass is 10.1. The van der Waals surface area contributed by atoms with Gasteiger partial charge < -0.3 is 9.64 Å². The van der Waals surface area contributed by atoms with Gasteiger partial charge in [-0.1, -0.05) is 12.1 Å². The summed E-state index contributed by atoms with van der Waals surface area (Å²) in [5.74, 6) is -0.785. The summed E-state index contributed by atoms with van der Waals surface area (Å²) in [7, 11) is 1.61. The fourth-order valence-corrected chi connectivity index (χ4v) is 3.62. The van der Waals surface area contributed by atoms with E-state index >= 15 is 0 Å². The second-order valence-corrected chi connectivity index (χ2v) is 7.16. The molecular weight excluding hydrogens is 405 g/mol. The number of halogens is 1.